The van der Waals surface area contributed by atoms with Gasteiger partial charge in [-0.2, -0.15) is 4.31 Å². The summed E-state index contributed by atoms with van der Waals surface area (Å²) in [5.41, 5.74) is 0. The third kappa shape index (κ3) is 3.77. The largest absolute Gasteiger partial charge is 0.469 e. The number of hydrogen-bond acceptors (Lipinski definition) is 5. The third-order valence-electron chi connectivity index (χ3n) is 3.35. The molecule has 1 N–H and O–H groups in total. The van der Waals surface area contributed by atoms with E-state index in [0.29, 0.717) is 0 Å². The van der Waals surface area contributed by atoms with Gasteiger partial charge in [-0.25, -0.2) is 8.42 Å². The van der Waals surface area contributed by atoms with E-state index in [-0.39, 0.29) is 34.5 Å². The number of ether oxygens (including phenoxy) is 1. The number of nitrogens with one attached hydrogen (secondary N) is 1. The quantitative estimate of drug-likeness (QED) is 0.787. The number of benzene rings is 1. The van der Waals surface area contributed by atoms with Gasteiger partial charge in [-0.3, -0.25) is 9.59 Å². The zero-order chi connectivity index (χ0) is 17.2. The molecule has 1 fully saturated rings. The summed E-state index contributed by atoms with van der Waals surface area (Å²) >= 11 is 11.8. The predicted molar refractivity (Wildman–Crippen MR) is 83.8 cm³/mol. The Morgan fingerprint density at radius 2 is 2.13 bits per heavy atom. The van der Waals surface area contributed by atoms with Crippen molar-refractivity contribution in [3.63, 3.8) is 0 Å². The van der Waals surface area contributed by atoms with Gasteiger partial charge in [0.1, 0.15) is 10.9 Å². The molecule has 1 atom stereocenters. The molecule has 2 rings (SSSR count). The molecule has 126 valence electrons. The maximum atomic E-state index is 12.8. The van der Waals surface area contributed by atoms with Crippen LogP contribution in [0.2, 0.25) is 10.0 Å². The second-order valence-electron chi connectivity index (χ2n) is 4.78. The molecule has 1 aromatic carbocycles. The van der Waals surface area contributed by atoms with Crippen molar-refractivity contribution in [2.24, 2.45) is 0 Å². The molecule has 1 saturated heterocycles. The highest BCUT2D eigenvalue weighted by molar-refractivity contribution is 7.89. The summed E-state index contributed by atoms with van der Waals surface area (Å²) in [7, 11) is -2.94. The number of sulfonamides is 1. The van der Waals surface area contributed by atoms with Crippen molar-refractivity contribution in [3.8, 4) is 0 Å². The van der Waals surface area contributed by atoms with Crippen LogP contribution in [0, 0.1) is 0 Å². The Bertz CT molecular complexity index is 738. The molecular weight excluding hydrogens is 367 g/mol. The van der Waals surface area contributed by atoms with E-state index >= 15 is 0 Å². The van der Waals surface area contributed by atoms with Gasteiger partial charge in [0.05, 0.1) is 18.6 Å². The number of esters is 1. The first-order valence-corrected chi connectivity index (χ1v) is 8.78. The molecule has 0 spiro atoms. The molecule has 1 heterocycles. The number of amides is 1. The van der Waals surface area contributed by atoms with Crippen LogP contribution in [0.15, 0.2) is 23.1 Å². The lowest BCUT2D eigenvalue weighted by Crippen LogP contribution is -2.57. The van der Waals surface area contributed by atoms with E-state index < -0.39 is 27.9 Å². The van der Waals surface area contributed by atoms with Gasteiger partial charge < -0.3 is 10.1 Å². The van der Waals surface area contributed by atoms with Gasteiger partial charge in [0, 0.05) is 18.1 Å². The van der Waals surface area contributed by atoms with Crippen LogP contribution in [-0.4, -0.2) is 50.8 Å². The summed E-state index contributed by atoms with van der Waals surface area (Å²) in [4.78, 5) is 23.3. The molecule has 1 amide bonds. The Balaban J connectivity index is 2.44. The summed E-state index contributed by atoms with van der Waals surface area (Å²) in [5, 5.41) is 2.71. The molecule has 0 aromatic heterocycles. The molecule has 23 heavy (non-hydrogen) atoms. The molecule has 0 radical (unpaired) electrons. The average molecular weight is 381 g/mol. The van der Waals surface area contributed by atoms with Gasteiger partial charge in [-0.1, -0.05) is 23.2 Å². The molecule has 1 aliphatic rings. The van der Waals surface area contributed by atoms with Crippen LogP contribution in [-0.2, 0) is 24.3 Å². The maximum Gasteiger partial charge on any atom is 0.307 e. The SMILES string of the molecule is COC(=O)CC1C(=O)NCCN1S(=O)(=O)c1cc(Cl)ccc1Cl. The lowest BCUT2D eigenvalue weighted by molar-refractivity contribution is -0.144. The molecule has 0 saturated carbocycles. The summed E-state index contributed by atoms with van der Waals surface area (Å²) in [6.45, 7) is 0.145. The molecular formula is C13H14Cl2N2O5S. The first-order valence-electron chi connectivity index (χ1n) is 6.59. The van der Waals surface area contributed by atoms with Crippen molar-refractivity contribution in [2.75, 3.05) is 20.2 Å². The van der Waals surface area contributed by atoms with Crippen LogP contribution in [0.3, 0.4) is 0 Å². The molecule has 10 heteroatoms. The van der Waals surface area contributed by atoms with E-state index in [1.807, 2.05) is 0 Å². The second-order valence-corrected chi connectivity index (χ2v) is 7.48. The number of methoxy groups -OCH3 is 1. The zero-order valence-electron chi connectivity index (χ0n) is 12.1. The average Bonchev–Trinajstić information content (AvgIpc) is 2.51. The van der Waals surface area contributed by atoms with Gasteiger partial charge >= 0.3 is 5.97 Å². The highest BCUT2D eigenvalue weighted by atomic mass is 35.5. The molecule has 0 bridgehead atoms. The van der Waals surface area contributed by atoms with Crippen LogP contribution in [0.4, 0.5) is 0 Å². The lowest BCUT2D eigenvalue weighted by atomic mass is 10.1. The van der Waals surface area contributed by atoms with Crippen molar-refractivity contribution in [1.29, 1.82) is 0 Å². The van der Waals surface area contributed by atoms with Crippen LogP contribution in [0.1, 0.15) is 6.42 Å². The monoisotopic (exact) mass is 380 g/mol. The predicted octanol–water partition coefficient (Wildman–Crippen LogP) is 1.05. The fourth-order valence-electron chi connectivity index (χ4n) is 2.22. The fourth-order valence-corrected chi connectivity index (χ4v) is 4.55. The number of carbonyl (C=O) groups is 2. The highest BCUT2D eigenvalue weighted by Crippen LogP contribution is 2.29. The van der Waals surface area contributed by atoms with Crippen molar-refractivity contribution in [3.05, 3.63) is 28.2 Å². The highest BCUT2D eigenvalue weighted by Gasteiger charge is 2.40. The Labute approximate surface area is 143 Å². The number of halogens is 2. The Morgan fingerprint density at radius 3 is 2.78 bits per heavy atom. The third-order valence-corrected chi connectivity index (χ3v) is 5.97. The summed E-state index contributed by atoms with van der Waals surface area (Å²) < 4.78 is 31.1. The number of piperazine rings is 1. The minimum absolute atomic E-state index is 0.0125. The fraction of sp³-hybridized carbons (Fsp3) is 0.385. The van der Waals surface area contributed by atoms with Crippen LogP contribution < -0.4 is 5.32 Å². The number of nitrogens with zero attached hydrogens (tertiary/aromatic N) is 1. The van der Waals surface area contributed by atoms with Gasteiger partial charge in [0.15, 0.2) is 0 Å². The molecule has 0 aliphatic carbocycles. The Morgan fingerprint density at radius 1 is 1.43 bits per heavy atom. The molecule has 1 aromatic rings. The van der Waals surface area contributed by atoms with Gasteiger partial charge in [0.25, 0.3) is 0 Å². The van der Waals surface area contributed by atoms with E-state index in [4.69, 9.17) is 23.2 Å². The van der Waals surface area contributed by atoms with Crippen LogP contribution in [0.25, 0.3) is 0 Å². The molecule has 1 aliphatic heterocycles. The van der Waals surface area contributed by atoms with Crippen molar-refractivity contribution in [2.45, 2.75) is 17.4 Å². The van der Waals surface area contributed by atoms with Gasteiger partial charge in [0.2, 0.25) is 15.9 Å². The standard InChI is InChI=1S/C13H14Cl2N2O5S/c1-22-12(18)7-10-13(19)16-4-5-17(10)23(20,21)11-6-8(14)2-3-9(11)15/h2-3,6,10H,4-5,7H2,1H3,(H,16,19). The van der Waals surface area contributed by atoms with E-state index in [0.717, 1.165) is 11.4 Å². The van der Waals surface area contributed by atoms with Crippen LogP contribution >= 0.6 is 23.2 Å². The Kier molecular flexibility index (Phi) is 5.51. The number of carbonyl (C=O) groups excluding carboxylic acids is 2. The first kappa shape index (κ1) is 18.0. The summed E-state index contributed by atoms with van der Waals surface area (Å²) in [6.07, 6.45) is -0.389. The Hall–Kier alpha value is -1.35. The minimum atomic E-state index is -4.10. The molecule has 1 unspecified atom stereocenters. The van der Waals surface area contributed by atoms with Crippen molar-refractivity contribution in [1.82, 2.24) is 9.62 Å². The van der Waals surface area contributed by atoms with E-state index in [9.17, 15) is 18.0 Å². The second kappa shape index (κ2) is 7.04. The summed E-state index contributed by atoms with van der Waals surface area (Å²) in [6, 6.07) is 2.82. The first-order chi connectivity index (χ1) is 10.8. The van der Waals surface area contributed by atoms with Gasteiger partial charge in [-0.05, 0) is 18.2 Å². The number of hydrogen-bond donors (Lipinski definition) is 1. The van der Waals surface area contributed by atoms with Crippen molar-refractivity contribution >= 4 is 45.1 Å². The number of rotatable bonds is 4. The van der Waals surface area contributed by atoms with E-state index in [2.05, 4.69) is 10.1 Å². The minimum Gasteiger partial charge on any atom is -0.469 e. The lowest BCUT2D eigenvalue weighted by Gasteiger charge is -2.33. The van der Waals surface area contributed by atoms with E-state index in [1.165, 1.54) is 18.2 Å². The normalized spacial score (nSPS) is 19.3. The molecule has 7 nitrogen and oxygen atoms in total. The van der Waals surface area contributed by atoms with Crippen molar-refractivity contribution < 1.29 is 22.7 Å². The zero-order valence-corrected chi connectivity index (χ0v) is 14.4. The van der Waals surface area contributed by atoms with Gasteiger partial charge in [-0.15, -0.1) is 0 Å². The maximum absolute atomic E-state index is 12.8. The summed E-state index contributed by atoms with van der Waals surface area (Å²) in [5.74, 6) is -1.26. The topological polar surface area (TPSA) is 92.8 Å². The van der Waals surface area contributed by atoms with E-state index in [1.54, 1.807) is 0 Å². The van der Waals surface area contributed by atoms with Crippen LogP contribution in [0.5, 0.6) is 0 Å². The smallest absolute Gasteiger partial charge is 0.307 e.